The molecule has 0 aliphatic carbocycles. The van der Waals surface area contributed by atoms with Gasteiger partial charge in [0.05, 0.1) is 16.3 Å². The summed E-state index contributed by atoms with van der Waals surface area (Å²) in [5.41, 5.74) is 0.840. The second-order valence-electron chi connectivity index (χ2n) is 4.67. The van der Waals surface area contributed by atoms with Crippen LogP contribution in [0.4, 0.5) is 5.69 Å². The first kappa shape index (κ1) is 13.4. The fraction of sp³-hybridized carbons (Fsp3) is 0.538. The predicted octanol–water partition coefficient (Wildman–Crippen LogP) is 1.28. The zero-order valence-electron chi connectivity index (χ0n) is 10.9. The highest BCUT2D eigenvalue weighted by Gasteiger charge is 2.23. The number of nitrogens with zero attached hydrogens (tertiary/aromatic N) is 1. The van der Waals surface area contributed by atoms with E-state index in [0.29, 0.717) is 10.9 Å². The fourth-order valence-electron chi connectivity index (χ4n) is 2.29. The van der Waals surface area contributed by atoms with E-state index in [-0.39, 0.29) is 5.75 Å². The number of anilines is 1. The van der Waals surface area contributed by atoms with E-state index in [1.165, 1.54) is 0 Å². The summed E-state index contributed by atoms with van der Waals surface area (Å²) in [4.78, 5) is 2.62. The summed E-state index contributed by atoms with van der Waals surface area (Å²) in [5.74, 6) is 0.145. The molecule has 2 rings (SSSR count). The number of piperazine rings is 1. The summed E-state index contributed by atoms with van der Waals surface area (Å²) in [6.45, 7) is 6.38. The molecule has 0 radical (unpaired) electrons. The van der Waals surface area contributed by atoms with Gasteiger partial charge < -0.3 is 10.2 Å². The molecule has 4 nitrogen and oxygen atoms in total. The van der Waals surface area contributed by atoms with Crippen molar-refractivity contribution in [3.05, 3.63) is 24.3 Å². The first-order valence-electron chi connectivity index (χ1n) is 6.34. The van der Waals surface area contributed by atoms with Gasteiger partial charge in [0, 0.05) is 25.7 Å². The van der Waals surface area contributed by atoms with E-state index < -0.39 is 9.84 Å². The van der Waals surface area contributed by atoms with Crippen molar-refractivity contribution in [2.24, 2.45) is 0 Å². The Hall–Kier alpha value is -1.07. The molecule has 1 fully saturated rings. The minimum atomic E-state index is -3.16. The Balaban J connectivity index is 2.39. The Morgan fingerprint density at radius 3 is 2.78 bits per heavy atom. The van der Waals surface area contributed by atoms with Crippen LogP contribution in [0.25, 0.3) is 0 Å². The molecule has 0 amide bonds. The van der Waals surface area contributed by atoms with Gasteiger partial charge in [0.1, 0.15) is 0 Å². The molecule has 1 aromatic rings. The zero-order chi connectivity index (χ0) is 13.2. The normalized spacial score (nSPS) is 21.0. The number of hydrogen-bond acceptors (Lipinski definition) is 4. The molecule has 100 valence electrons. The lowest BCUT2D eigenvalue weighted by Crippen LogP contribution is -2.49. The van der Waals surface area contributed by atoms with Gasteiger partial charge in [-0.25, -0.2) is 8.42 Å². The van der Waals surface area contributed by atoms with Gasteiger partial charge >= 0.3 is 0 Å². The molecule has 5 heteroatoms. The molecule has 1 aromatic carbocycles. The SMILES string of the molecule is CCS(=O)(=O)c1ccccc1N1CCNC(C)C1. The Kier molecular flexibility index (Phi) is 3.92. The van der Waals surface area contributed by atoms with Crippen molar-refractivity contribution in [1.82, 2.24) is 5.32 Å². The van der Waals surface area contributed by atoms with E-state index in [1.54, 1.807) is 19.1 Å². The Labute approximate surface area is 109 Å². The third-order valence-electron chi connectivity index (χ3n) is 3.29. The quantitative estimate of drug-likeness (QED) is 0.897. The van der Waals surface area contributed by atoms with Crippen LogP contribution in [0.2, 0.25) is 0 Å². The number of nitrogens with one attached hydrogen (secondary N) is 1. The molecule has 1 atom stereocenters. The van der Waals surface area contributed by atoms with E-state index in [9.17, 15) is 8.42 Å². The minimum absolute atomic E-state index is 0.145. The average Bonchev–Trinajstić information content (AvgIpc) is 2.39. The van der Waals surface area contributed by atoms with Gasteiger partial charge in [0.25, 0.3) is 0 Å². The van der Waals surface area contributed by atoms with Crippen molar-refractivity contribution in [3.8, 4) is 0 Å². The van der Waals surface area contributed by atoms with Gasteiger partial charge in [-0.15, -0.1) is 0 Å². The lowest BCUT2D eigenvalue weighted by Gasteiger charge is -2.34. The predicted molar refractivity (Wildman–Crippen MR) is 73.8 cm³/mol. The molecule has 1 N–H and O–H groups in total. The van der Waals surface area contributed by atoms with Gasteiger partial charge in [-0.05, 0) is 19.1 Å². The third kappa shape index (κ3) is 2.67. The average molecular weight is 268 g/mol. The van der Waals surface area contributed by atoms with Crippen LogP contribution < -0.4 is 10.2 Å². The first-order chi connectivity index (χ1) is 8.54. The number of hydrogen-bond donors (Lipinski definition) is 1. The van der Waals surface area contributed by atoms with E-state index >= 15 is 0 Å². The van der Waals surface area contributed by atoms with E-state index in [2.05, 4.69) is 17.1 Å². The highest BCUT2D eigenvalue weighted by atomic mass is 32.2. The summed E-state index contributed by atoms with van der Waals surface area (Å²) >= 11 is 0. The fourth-order valence-corrected chi connectivity index (χ4v) is 3.40. The maximum absolute atomic E-state index is 12.1. The van der Waals surface area contributed by atoms with Crippen LogP contribution >= 0.6 is 0 Å². The topological polar surface area (TPSA) is 49.4 Å². The zero-order valence-corrected chi connectivity index (χ0v) is 11.7. The van der Waals surface area contributed by atoms with Crippen molar-refractivity contribution in [2.45, 2.75) is 24.8 Å². The maximum Gasteiger partial charge on any atom is 0.180 e. The third-order valence-corrected chi connectivity index (χ3v) is 5.07. The lowest BCUT2D eigenvalue weighted by atomic mass is 10.2. The largest absolute Gasteiger partial charge is 0.368 e. The summed E-state index contributed by atoms with van der Waals surface area (Å²) in [6, 6.07) is 7.69. The molecular formula is C13H20N2O2S. The lowest BCUT2D eigenvalue weighted by molar-refractivity contribution is 0.483. The Morgan fingerprint density at radius 2 is 2.11 bits per heavy atom. The summed E-state index contributed by atoms with van der Waals surface area (Å²) in [5, 5.41) is 3.36. The molecule has 0 aromatic heterocycles. The second-order valence-corrected chi connectivity index (χ2v) is 6.92. The maximum atomic E-state index is 12.1. The molecule has 0 saturated carbocycles. The molecule has 1 aliphatic rings. The van der Waals surface area contributed by atoms with E-state index in [1.807, 2.05) is 12.1 Å². The van der Waals surface area contributed by atoms with Crippen LogP contribution in [0.5, 0.6) is 0 Å². The number of rotatable bonds is 3. The Bertz CT molecular complexity index is 513. The molecule has 1 unspecified atom stereocenters. The molecule has 1 saturated heterocycles. The highest BCUT2D eigenvalue weighted by molar-refractivity contribution is 7.91. The van der Waals surface area contributed by atoms with Gasteiger partial charge in [0.2, 0.25) is 0 Å². The van der Waals surface area contributed by atoms with Gasteiger partial charge in [-0.1, -0.05) is 19.1 Å². The molecule has 0 bridgehead atoms. The Morgan fingerprint density at radius 1 is 1.39 bits per heavy atom. The van der Waals surface area contributed by atoms with Crippen LogP contribution in [-0.4, -0.2) is 39.8 Å². The molecular weight excluding hydrogens is 248 g/mol. The van der Waals surface area contributed by atoms with Crippen molar-refractivity contribution < 1.29 is 8.42 Å². The van der Waals surface area contributed by atoms with Crippen molar-refractivity contribution >= 4 is 15.5 Å². The molecule has 1 aliphatic heterocycles. The van der Waals surface area contributed by atoms with Crippen LogP contribution in [0, 0.1) is 0 Å². The minimum Gasteiger partial charge on any atom is -0.368 e. The standard InChI is InChI=1S/C13H20N2O2S/c1-3-18(16,17)13-7-5-4-6-12(13)15-9-8-14-11(2)10-15/h4-7,11,14H,3,8-10H2,1-2H3. The van der Waals surface area contributed by atoms with Gasteiger partial charge in [0.15, 0.2) is 9.84 Å². The number of para-hydroxylation sites is 1. The highest BCUT2D eigenvalue weighted by Crippen LogP contribution is 2.26. The first-order valence-corrected chi connectivity index (χ1v) is 8.00. The number of benzene rings is 1. The smallest absolute Gasteiger partial charge is 0.180 e. The molecule has 0 spiro atoms. The molecule has 18 heavy (non-hydrogen) atoms. The van der Waals surface area contributed by atoms with Crippen molar-refractivity contribution in [2.75, 3.05) is 30.3 Å². The summed E-state index contributed by atoms with van der Waals surface area (Å²) in [7, 11) is -3.16. The van der Waals surface area contributed by atoms with E-state index in [4.69, 9.17) is 0 Å². The monoisotopic (exact) mass is 268 g/mol. The van der Waals surface area contributed by atoms with Crippen molar-refractivity contribution in [3.63, 3.8) is 0 Å². The van der Waals surface area contributed by atoms with Crippen LogP contribution in [0.3, 0.4) is 0 Å². The van der Waals surface area contributed by atoms with Gasteiger partial charge in [-0.3, -0.25) is 0 Å². The molecule has 1 heterocycles. The number of sulfone groups is 1. The summed E-state index contributed by atoms with van der Waals surface area (Å²) in [6.07, 6.45) is 0. The second kappa shape index (κ2) is 5.28. The van der Waals surface area contributed by atoms with Crippen LogP contribution in [-0.2, 0) is 9.84 Å². The van der Waals surface area contributed by atoms with Gasteiger partial charge in [-0.2, -0.15) is 0 Å². The van der Waals surface area contributed by atoms with Crippen molar-refractivity contribution in [1.29, 1.82) is 0 Å². The van der Waals surface area contributed by atoms with E-state index in [0.717, 1.165) is 25.3 Å². The summed E-state index contributed by atoms with van der Waals surface area (Å²) < 4.78 is 24.2. The van der Waals surface area contributed by atoms with Crippen LogP contribution in [0.1, 0.15) is 13.8 Å². The van der Waals surface area contributed by atoms with Crippen LogP contribution in [0.15, 0.2) is 29.2 Å².